The molecule has 0 radical (unpaired) electrons. The number of carbonyl (C=O) groups excluding carboxylic acids is 2. The first kappa shape index (κ1) is 16.5. The van der Waals surface area contributed by atoms with E-state index in [1.54, 1.807) is 0 Å². The average molecular weight is 260 g/mol. The van der Waals surface area contributed by atoms with E-state index in [-0.39, 0.29) is 6.04 Å². The lowest BCUT2D eigenvalue weighted by molar-refractivity contribution is 0.0501. The van der Waals surface area contributed by atoms with E-state index >= 15 is 0 Å². The molecule has 0 aromatic rings. The van der Waals surface area contributed by atoms with Crippen LogP contribution in [0.25, 0.3) is 0 Å². The largest absolute Gasteiger partial charge is 0.453 e. The molecule has 1 atom stereocenters. The minimum Gasteiger partial charge on any atom is -0.453 e. The van der Waals surface area contributed by atoms with Gasteiger partial charge in [-0.2, -0.15) is 0 Å². The van der Waals surface area contributed by atoms with E-state index in [1.807, 2.05) is 27.7 Å². The Morgan fingerprint density at radius 1 is 1.22 bits per heavy atom. The quantitative estimate of drug-likeness (QED) is 0.793. The van der Waals surface area contributed by atoms with Crippen molar-refractivity contribution in [3.8, 4) is 0 Å². The van der Waals surface area contributed by atoms with E-state index < -0.39 is 17.8 Å². The number of carbonyl (C=O) groups is 2. The van der Waals surface area contributed by atoms with Gasteiger partial charge in [-0.05, 0) is 33.6 Å². The van der Waals surface area contributed by atoms with E-state index in [9.17, 15) is 9.59 Å². The molecular formula is C12H24N2O4. The lowest BCUT2D eigenvalue weighted by atomic mass is 10.1. The van der Waals surface area contributed by atoms with Crippen LogP contribution in [0.2, 0.25) is 0 Å². The number of ether oxygens (including phenoxy) is 2. The third-order valence-corrected chi connectivity index (χ3v) is 2.16. The summed E-state index contributed by atoms with van der Waals surface area (Å²) in [7, 11) is 1.31. The van der Waals surface area contributed by atoms with Gasteiger partial charge in [0.2, 0.25) is 0 Å². The summed E-state index contributed by atoms with van der Waals surface area (Å²) in [5.41, 5.74) is -0.507. The molecule has 106 valence electrons. The Balaban J connectivity index is 3.96. The third-order valence-electron chi connectivity index (χ3n) is 2.16. The monoisotopic (exact) mass is 260 g/mol. The Kier molecular flexibility index (Phi) is 7.16. The fourth-order valence-electron chi connectivity index (χ4n) is 1.27. The molecule has 0 spiro atoms. The maximum absolute atomic E-state index is 11.5. The van der Waals surface area contributed by atoms with Crippen LogP contribution in [0, 0.1) is 0 Å². The number of hydrogen-bond donors (Lipinski definition) is 2. The highest BCUT2D eigenvalue weighted by Gasteiger charge is 2.18. The molecule has 0 bridgehead atoms. The molecule has 2 amide bonds. The van der Waals surface area contributed by atoms with Crippen molar-refractivity contribution in [2.75, 3.05) is 13.7 Å². The van der Waals surface area contributed by atoms with E-state index in [2.05, 4.69) is 15.4 Å². The summed E-state index contributed by atoms with van der Waals surface area (Å²) < 4.78 is 9.61. The van der Waals surface area contributed by atoms with Crippen LogP contribution in [-0.2, 0) is 9.47 Å². The van der Waals surface area contributed by atoms with Crippen molar-refractivity contribution in [1.82, 2.24) is 10.6 Å². The molecule has 0 aromatic heterocycles. The molecule has 0 aliphatic heterocycles. The smallest absolute Gasteiger partial charge is 0.407 e. The van der Waals surface area contributed by atoms with Gasteiger partial charge < -0.3 is 20.1 Å². The van der Waals surface area contributed by atoms with Crippen LogP contribution < -0.4 is 10.6 Å². The first-order valence-electron chi connectivity index (χ1n) is 6.09. The Labute approximate surface area is 108 Å². The zero-order chi connectivity index (χ0) is 14.2. The zero-order valence-electron chi connectivity index (χ0n) is 11.8. The molecule has 0 fully saturated rings. The molecule has 0 aliphatic rings. The first-order valence-corrected chi connectivity index (χ1v) is 6.09. The Morgan fingerprint density at radius 2 is 1.83 bits per heavy atom. The van der Waals surface area contributed by atoms with E-state index in [0.717, 1.165) is 6.42 Å². The maximum atomic E-state index is 11.5. The number of nitrogens with one attached hydrogen (secondary N) is 2. The molecule has 6 heteroatoms. The standard InChI is InChI=1S/C12H24N2O4/c1-6-9(7-8-13-10(15)17-5)14-11(16)18-12(2,3)4/h9H,6-8H2,1-5H3,(H,13,15)(H,14,16)/t9-/m1/s1. The number of methoxy groups -OCH3 is 1. The van der Waals surface area contributed by atoms with Crippen LogP contribution in [0.3, 0.4) is 0 Å². The van der Waals surface area contributed by atoms with Crippen molar-refractivity contribution in [2.45, 2.75) is 52.2 Å². The van der Waals surface area contributed by atoms with Gasteiger partial charge in [-0.15, -0.1) is 0 Å². The summed E-state index contributed by atoms with van der Waals surface area (Å²) in [6.07, 6.45) is 0.488. The van der Waals surface area contributed by atoms with Crippen LogP contribution in [0.4, 0.5) is 9.59 Å². The summed E-state index contributed by atoms with van der Waals surface area (Å²) in [4.78, 5) is 22.4. The molecule has 0 aliphatic carbocycles. The number of amides is 2. The lowest BCUT2D eigenvalue weighted by Gasteiger charge is -2.23. The van der Waals surface area contributed by atoms with Crippen molar-refractivity contribution in [3.63, 3.8) is 0 Å². The molecule has 0 saturated carbocycles. The van der Waals surface area contributed by atoms with Gasteiger partial charge >= 0.3 is 12.2 Å². The molecule has 0 unspecified atom stereocenters. The molecule has 0 rings (SSSR count). The second-order valence-corrected chi connectivity index (χ2v) is 4.96. The second kappa shape index (κ2) is 7.79. The predicted octanol–water partition coefficient (Wildman–Crippen LogP) is 2.04. The van der Waals surface area contributed by atoms with Gasteiger partial charge in [0, 0.05) is 12.6 Å². The number of rotatable bonds is 5. The van der Waals surface area contributed by atoms with Gasteiger partial charge in [-0.1, -0.05) is 6.92 Å². The highest BCUT2D eigenvalue weighted by molar-refractivity contribution is 5.68. The fourth-order valence-corrected chi connectivity index (χ4v) is 1.27. The normalized spacial score (nSPS) is 12.5. The van der Waals surface area contributed by atoms with Gasteiger partial charge in [0.05, 0.1) is 7.11 Å². The number of alkyl carbamates (subject to hydrolysis) is 2. The van der Waals surface area contributed by atoms with Crippen molar-refractivity contribution in [3.05, 3.63) is 0 Å². The molecule has 0 saturated heterocycles. The van der Waals surface area contributed by atoms with Crippen molar-refractivity contribution in [2.24, 2.45) is 0 Å². The summed E-state index contributed by atoms with van der Waals surface area (Å²) in [5, 5.41) is 5.33. The Morgan fingerprint density at radius 3 is 2.28 bits per heavy atom. The Hall–Kier alpha value is -1.46. The topological polar surface area (TPSA) is 76.7 Å². The minimum absolute atomic E-state index is 0.0305. The first-order chi connectivity index (χ1) is 8.28. The van der Waals surface area contributed by atoms with Crippen LogP contribution in [0.1, 0.15) is 40.5 Å². The van der Waals surface area contributed by atoms with Gasteiger partial charge in [0.1, 0.15) is 5.60 Å². The lowest BCUT2D eigenvalue weighted by Crippen LogP contribution is -2.40. The molecule has 0 heterocycles. The predicted molar refractivity (Wildman–Crippen MR) is 68.5 cm³/mol. The van der Waals surface area contributed by atoms with Crippen LogP contribution >= 0.6 is 0 Å². The van der Waals surface area contributed by atoms with Gasteiger partial charge in [-0.25, -0.2) is 9.59 Å². The van der Waals surface area contributed by atoms with Gasteiger partial charge in [0.15, 0.2) is 0 Å². The Bertz CT molecular complexity index is 274. The van der Waals surface area contributed by atoms with Gasteiger partial charge in [-0.3, -0.25) is 0 Å². The second-order valence-electron chi connectivity index (χ2n) is 4.96. The summed E-state index contributed by atoms with van der Waals surface area (Å²) >= 11 is 0. The average Bonchev–Trinajstić information content (AvgIpc) is 2.24. The van der Waals surface area contributed by atoms with Crippen LogP contribution in [-0.4, -0.2) is 37.5 Å². The zero-order valence-corrected chi connectivity index (χ0v) is 11.8. The van der Waals surface area contributed by atoms with Crippen LogP contribution in [0.15, 0.2) is 0 Å². The van der Waals surface area contributed by atoms with Crippen molar-refractivity contribution in [1.29, 1.82) is 0 Å². The molecule has 6 nitrogen and oxygen atoms in total. The molecular weight excluding hydrogens is 236 g/mol. The third kappa shape index (κ3) is 8.66. The van der Waals surface area contributed by atoms with Crippen molar-refractivity contribution >= 4 is 12.2 Å². The summed E-state index contributed by atoms with van der Waals surface area (Å²) in [5.74, 6) is 0. The van der Waals surface area contributed by atoms with E-state index in [1.165, 1.54) is 7.11 Å². The van der Waals surface area contributed by atoms with Gasteiger partial charge in [0.25, 0.3) is 0 Å². The summed E-state index contributed by atoms with van der Waals surface area (Å²) in [6, 6.07) is -0.0305. The maximum Gasteiger partial charge on any atom is 0.407 e. The molecule has 18 heavy (non-hydrogen) atoms. The number of hydrogen-bond acceptors (Lipinski definition) is 4. The molecule has 0 aromatic carbocycles. The fraction of sp³-hybridized carbons (Fsp3) is 0.833. The molecule has 2 N–H and O–H groups in total. The van der Waals surface area contributed by atoms with Crippen molar-refractivity contribution < 1.29 is 19.1 Å². The van der Waals surface area contributed by atoms with Crippen LogP contribution in [0.5, 0.6) is 0 Å². The van der Waals surface area contributed by atoms with E-state index in [4.69, 9.17) is 4.74 Å². The highest BCUT2D eigenvalue weighted by Crippen LogP contribution is 2.07. The summed E-state index contributed by atoms with van der Waals surface area (Å²) in [6.45, 7) is 7.84. The minimum atomic E-state index is -0.507. The SMILES string of the molecule is CC[C@H](CCNC(=O)OC)NC(=O)OC(C)(C)C. The highest BCUT2D eigenvalue weighted by atomic mass is 16.6. The van der Waals surface area contributed by atoms with E-state index in [0.29, 0.717) is 13.0 Å².